The lowest BCUT2D eigenvalue weighted by molar-refractivity contribution is -0.0102. The Labute approximate surface area is 131 Å². The van der Waals surface area contributed by atoms with Crippen LogP contribution in [0.2, 0.25) is 10.0 Å². The normalized spacial score (nSPS) is 28.4. The topological polar surface area (TPSA) is 46.2 Å². The van der Waals surface area contributed by atoms with Crippen LogP contribution in [0.3, 0.4) is 0 Å². The second-order valence-electron chi connectivity index (χ2n) is 5.99. The van der Waals surface area contributed by atoms with E-state index in [1.165, 1.54) is 6.42 Å². The quantitative estimate of drug-likeness (QED) is 0.854. The molecule has 0 radical (unpaired) electrons. The number of benzene rings is 1. The summed E-state index contributed by atoms with van der Waals surface area (Å²) in [4.78, 5) is 0. The Bertz CT molecular complexity index is 456. The van der Waals surface area contributed by atoms with E-state index in [1.807, 2.05) is 6.07 Å². The molecule has 1 unspecified atom stereocenters. The van der Waals surface area contributed by atoms with Crippen molar-refractivity contribution in [3.63, 3.8) is 0 Å². The van der Waals surface area contributed by atoms with Crippen molar-refractivity contribution >= 4 is 23.2 Å². The molecule has 20 heavy (non-hydrogen) atoms. The molecule has 2 nitrogen and oxygen atoms in total. The van der Waals surface area contributed by atoms with Gasteiger partial charge in [0.2, 0.25) is 0 Å². The molecule has 2 rings (SSSR count). The van der Waals surface area contributed by atoms with Crippen molar-refractivity contribution in [3.8, 4) is 0 Å². The zero-order chi connectivity index (χ0) is 14.8. The molecule has 1 aromatic rings. The Hall–Kier alpha value is -0.280. The van der Waals surface area contributed by atoms with Gasteiger partial charge in [0.15, 0.2) is 0 Å². The molecule has 1 fully saturated rings. The molecule has 1 atom stereocenters. The molecule has 0 bridgehead atoms. The summed E-state index contributed by atoms with van der Waals surface area (Å²) in [5.74, 6) is 0.766. The van der Waals surface area contributed by atoms with Gasteiger partial charge >= 0.3 is 0 Å². The first-order valence-electron chi connectivity index (χ1n) is 7.35. The van der Waals surface area contributed by atoms with Crippen LogP contribution >= 0.6 is 23.2 Å². The molecule has 1 aromatic carbocycles. The largest absolute Gasteiger partial charge is 0.388 e. The second kappa shape index (κ2) is 6.65. The molecule has 3 N–H and O–H groups in total. The maximum absolute atomic E-state index is 10.8. The molecule has 0 amide bonds. The summed E-state index contributed by atoms with van der Waals surface area (Å²) in [7, 11) is 0. The SMILES string of the molecule is CCC1CCC(CN)(C(O)c2ccc(Cl)cc2Cl)CC1. The van der Waals surface area contributed by atoms with E-state index in [4.69, 9.17) is 28.9 Å². The predicted octanol–water partition coefficient (Wildman–Crippen LogP) is 4.57. The van der Waals surface area contributed by atoms with Crippen molar-refractivity contribution in [1.29, 1.82) is 0 Å². The molecule has 112 valence electrons. The molecule has 4 heteroatoms. The van der Waals surface area contributed by atoms with Crippen molar-refractivity contribution < 1.29 is 5.11 Å². The van der Waals surface area contributed by atoms with Gasteiger partial charge in [-0.2, -0.15) is 0 Å². The monoisotopic (exact) mass is 315 g/mol. The Balaban J connectivity index is 2.23. The number of halogens is 2. The average molecular weight is 316 g/mol. The number of rotatable bonds is 4. The minimum Gasteiger partial charge on any atom is -0.388 e. The highest BCUT2D eigenvalue weighted by Gasteiger charge is 2.41. The van der Waals surface area contributed by atoms with Crippen LogP contribution in [-0.2, 0) is 0 Å². The molecule has 0 aliphatic heterocycles. The van der Waals surface area contributed by atoms with Gasteiger partial charge in [-0.3, -0.25) is 0 Å². The fourth-order valence-corrected chi connectivity index (χ4v) is 3.81. The first-order valence-corrected chi connectivity index (χ1v) is 8.11. The van der Waals surface area contributed by atoms with Gasteiger partial charge in [-0.1, -0.05) is 42.6 Å². The molecule has 0 heterocycles. The van der Waals surface area contributed by atoms with Crippen LogP contribution in [0.1, 0.15) is 50.7 Å². The van der Waals surface area contributed by atoms with Gasteiger partial charge < -0.3 is 10.8 Å². The van der Waals surface area contributed by atoms with Crippen LogP contribution in [0.4, 0.5) is 0 Å². The Morgan fingerprint density at radius 1 is 1.35 bits per heavy atom. The van der Waals surface area contributed by atoms with E-state index in [0.29, 0.717) is 16.6 Å². The van der Waals surface area contributed by atoms with Crippen molar-refractivity contribution in [1.82, 2.24) is 0 Å². The van der Waals surface area contributed by atoms with Crippen LogP contribution in [0.25, 0.3) is 0 Å². The number of aliphatic hydroxyl groups is 1. The lowest BCUT2D eigenvalue weighted by Gasteiger charge is -2.43. The second-order valence-corrected chi connectivity index (χ2v) is 6.83. The van der Waals surface area contributed by atoms with Gasteiger partial charge in [-0.25, -0.2) is 0 Å². The van der Waals surface area contributed by atoms with E-state index in [-0.39, 0.29) is 5.41 Å². The third kappa shape index (κ3) is 3.14. The van der Waals surface area contributed by atoms with E-state index in [0.717, 1.165) is 37.2 Å². The maximum atomic E-state index is 10.8. The van der Waals surface area contributed by atoms with Crippen molar-refractivity contribution in [2.45, 2.75) is 45.1 Å². The van der Waals surface area contributed by atoms with E-state index >= 15 is 0 Å². The lowest BCUT2D eigenvalue weighted by atomic mass is 9.65. The zero-order valence-electron chi connectivity index (χ0n) is 11.9. The van der Waals surface area contributed by atoms with E-state index in [1.54, 1.807) is 12.1 Å². The Morgan fingerprint density at radius 3 is 2.50 bits per heavy atom. The third-order valence-electron chi connectivity index (χ3n) is 4.92. The van der Waals surface area contributed by atoms with E-state index in [2.05, 4.69) is 6.92 Å². The molecule has 1 aliphatic carbocycles. The number of hydrogen-bond donors (Lipinski definition) is 2. The zero-order valence-corrected chi connectivity index (χ0v) is 13.4. The Kier molecular flexibility index (Phi) is 5.36. The minimum absolute atomic E-state index is 0.247. The first kappa shape index (κ1) is 16.1. The van der Waals surface area contributed by atoms with Gasteiger partial charge in [0.05, 0.1) is 6.10 Å². The number of aliphatic hydroxyl groups excluding tert-OH is 1. The van der Waals surface area contributed by atoms with Gasteiger partial charge in [-0.15, -0.1) is 0 Å². The highest BCUT2D eigenvalue weighted by Crippen LogP contribution is 2.48. The smallest absolute Gasteiger partial charge is 0.0872 e. The van der Waals surface area contributed by atoms with Crippen molar-refractivity contribution in [2.24, 2.45) is 17.1 Å². The summed E-state index contributed by atoms with van der Waals surface area (Å²) in [6.07, 6.45) is 4.78. The van der Waals surface area contributed by atoms with E-state index < -0.39 is 6.10 Å². The highest BCUT2D eigenvalue weighted by molar-refractivity contribution is 6.35. The van der Waals surface area contributed by atoms with Crippen molar-refractivity contribution in [2.75, 3.05) is 6.54 Å². The fourth-order valence-electron chi connectivity index (χ4n) is 3.30. The van der Waals surface area contributed by atoms with E-state index in [9.17, 15) is 5.11 Å². The first-order chi connectivity index (χ1) is 9.52. The maximum Gasteiger partial charge on any atom is 0.0872 e. The molecule has 0 aromatic heterocycles. The van der Waals surface area contributed by atoms with Gasteiger partial charge in [0.1, 0.15) is 0 Å². The standard InChI is InChI=1S/C16H23Cl2NO/c1-2-11-5-7-16(10-19,8-6-11)15(20)13-4-3-12(17)9-14(13)18/h3-4,9,11,15,20H,2,5-8,10,19H2,1H3. The highest BCUT2D eigenvalue weighted by atomic mass is 35.5. The summed E-state index contributed by atoms with van der Waals surface area (Å²) >= 11 is 12.2. The molecular weight excluding hydrogens is 293 g/mol. The van der Waals surface area contributed by atoms with Crippen LogP contribution < -0.4 is 5.73 Å². The molecule has 1 saturated carbocycles. The van der Waals surface area contributed by atoms with Crippen LogP contribution in [0.15, 0.2) is 18.2 Å². The Morgan fingerprint density at radius 2 is 2.00 bits per heavy atom. The van der Waals surface area contributed by atoms with Gasteiger partial charge in [0.25, 0.3) is 0 Å². The molecular formula is C16H23Cl2NO. The van der Waals surface area contributed by atoms with Gasteiger partial charge in [-0.05, 0) is 49.3 Å². The number of hydrogen-bond acceptors (Lipinski definition) is 2. The predicted molar refractivity (Wildman–Crippen MR) is 85.2 cm³/mol. The number of nitrogens with two attached hydrogens (primary N) is 1. The lowest BCUT2D eigenvalue weighted by Crippen LogP contribution is -2.40. The van der Waals surface area contributed by atoms with Crippen molar-refractivity contribution in [3.05, 3.63) is 33.8 Å². The fraction of sp³-hybridized carbons (Fsp3) is 0.625. The summed E-state index contributed by atoms with van der Waals surface area (Å²) in [5.41, 5.74) is 6.51. The summed E-state index contributed by atoms with van der Waals surface area (Å²) in [6.45, 7) is 2.72. The summed E-state index contributed by atoms with van der Waals surface area (Å²) < 4.78 is 0. The van der Waals surface area contributed by atoms with Gasteiger partial charge in [0, 0.05) is 22.0 Å². The molecule has 0 spiro atoms. The van der Waals surface area contributed by atoms with Crippen LogP contribution in [-0.4, -0.2) is 11.7 Å². The minimum atomic E-state index is -0.616. The van der Waals surface area contributed by atoms with Crippen LogP contribution in [0, 0.1) is 11.3 Å². The summed E-state index contributed by atoms with van der Waals surface area (Å²) in [5, 5.41) is 11.9. The van der Waals surface area contributed by atoms with Crippen LogP contribution in [0.5, 0.6) is 0 Å². The molecule has 0 saturated heterocycles. The third-order valence-corrected chi connectivity index (χ3v) is 5.48. The molecule has 1 aliphatic rings. The summed E-state index contributed by atoms with van der Waals surface area (Å²) in [6, 6.07) is 5.27. The average Bonchev–Trinajstić information content (AvgIpc) is 2.46.